The van der Waals surface area contributed by atoms with E-state index in [2.05, 4.69) is 37.7 Å². The summed E-state index contributed by atoms with van der Waals surface area (Å²) in [5.74, 6) is 0. The maximum absolute atomic E-state index is 5.10. The average molecular weight is 246 g/mol. The number of morpholine rings is 1. The Hall–Kier alpha value is -0.120. The van der Waals surface area contributed by atoms with E-state index in [9.17, 15) is 0 Å². The molecule has 1 aliphatic rings. The Labute approximate surface area is 109 Å². The van der Waals surface area contributed by atoms with E-state index in [1.165, 1.54) is 25.9 Å². The highest BCUT2D eigenvalue weighted by atomic mass is 16.5. The van der Waals surface area contributed by atoms with Crippen molar-refractivity contribution in [3.8, 4) is 0 Å². The molecule has 0 saturated carbocycles. The molecule has 106 valence electrons. The molecule has 0 aromatic heterocycles. The molecule has 3 heteroatoms. The highest BCUT2D eigenvalue weighted by Crippen LogP contribution is 1.90. The van der Waals surface area contributed by atoms with Gasteiger partial charge in [0.15, 0.2) is 0 Å². The van der Waals surface area contributed by atoms with Gasteiger partial charge in [0.25, 0.3) is 0 Å². The fourth-order valence-corrected chi connectivity index (χ4v) is 1.24. The molecule has 0 bridgehead atoms. The van der Waals surface area contributed by atoms with Gasteiger partial charge in [-0.3, -0.25) is 0 Å². The lowest BCUT2D eigenvalue weighted by atomic mass is 10.3. The van der Waals surface area contributed by atoms with E-state index in [1.54, 1.807) is 0 Å². The normalized spacial score (nSPS) is 15.7. The molecule has 0 aliphatic carbocycles. The van der Waals surface area contributed by atoms with Crippen molar-refractivity contribution in [1.29, 1.82) is 0 Å². The Bertz CT molecular complexity index is 125. The fourth-order valence-electron chi connectivity index (χ4n) is 1.24. The van der Waals surface area contributed by atoms with Gasteiger partial charge in [0.1, 0.15) is 0 Å². The van der Waals surface area contributed by atoms with E-state index < -0.39 is 0 Å². The van der Waals surface area contributed by atoms with Crippen molar-refractivity contribution in [2.45, 2.75) is 40.5 Å². The number of nitrogens with zero attached hydrogens (tertiary/aromatic N) is 2. The van der Waals surface area contributed by atoms with Crippen LogP contribution < -0.4 is 0 Å². The maximum Gasteiger partial charge on any atom is 0.0594 e. The first-order valence-corrected chi connectivity index (χ1v) is 7.15. The van der Waals surface area contributed by atoms with Crippen LogP contribution in [0.3, 0.4) is 0 Å². The summed E-state index contributed by atoms with van der Waals surface area (Å²) >= 11 is 0. The summed E-state index contributed by atoms with van der Waals surface area (Å²) < 4.78 is 5.10. The molecular formula is C14H34N2O. The summed E-state index contributed by atoms with van der Waals surface area (Å²) in [5, 5.41) is 0. The lowest BCUT2D eigenvalue weighted by molar-refractivity contribution is 0.0503. The molecule has 1 aliphatic heterocycles. The van der Waals surface area contributed by atoms with Crippen LogP contribution in [0.2, 0.25) is 0 Å². The van der Waals surface area contributed by atoms with Gasteiger partial charge in [0, 0.05) is 13.1 Å². The summed E-state index contributed by atoms with van der Waals surface area (Å²) in [6.07, 6.45) is 2.65. The third kappa shape index (κ3) is 15.9. The predicted molar refractivity (Wildman–Crippen MR) is 77.7 cm³/mol. The highest BCUT2D eigenvalue weighted by molar-refractivity contribution is 4.53. The summed E-state index contributed by atoms with van der Waals surface area (Å²) in [7, 11) is 4.28. The van der Waals surface area contributed by atoms with Gasteiger partial charge in [-0.2, -0.15) is 0 Å². The van der Waals surface area contributed by atoms with Gasteiger partial charge in [-0.1, -0.05) is 34.1 Å². The van der Waals surface area contributed by atoms with Crippen LogP contribution in [0, 0.1) is 0 Å². The van der Waals surface area contributed by atoms with Gasteiger partial charge in [-0.05, 0) is 33.6 Å². The first-order valence-electron chi connectivity index (χ1n) is 7.15. The minimum atomic E-state index is 0.913. The van der Waals surface area contributed by atoms with Gasteiger partial charge in [-0.25, -0.2) is 0 Å². The smallest absolute Gasteiger partial charge is 0.0594 e. The van der Waals surface area contributed by atoms with Gasteiger partial charge < -0.3 is 14.5 Å². The van der Waals surface area contributed by atoms with Crippen LogP contribution in [0.25, 0.3) is 0 Å². The average Bonchev–Trinajstić information content (AvgIpc) is 2.40. The van der Waals surface area contributed by atoms with Crippen molar-refractivity contribution in [3.63, 3.8) is 0 Å². The second-order valence-corrected chi connectivity index (χ2v) is 4.17. The highest BCUT2D eigenvalue weighted by Gasteiger charge is 2.02. The Morgan fingerprint density at radius 3 is 1.94 bits per heavy atom. The molecule has 1 heterocycles. The second-order valence-electron chi connectivity index (χ2n) is 4.17. The summed E-state index contributed by atoms with van der Waals surface area (Å²) in [6, 6.07) is 0. The first kappa shape index (κ1) is 19.2. The van der Waals surface area contributed by atoms with Crippen LogP contribution in [-0.4, -0.2) is 63.3 Å². The minimum Gasteiger partial charge on any atom is -0.379 e. The van der Waals surface area contributed by atoms with Crippen LogP contribution in [0.15, 0.2) is 0 Å². The van der Waals surface area contributed by atoms with Crippen molar-refractivity contribution in [3.05, 3.63) is 0 Å². The Balaban J connectivity index is 0. The quantitative estimate of drug-likeness (QED) is 0.758. The van der Waals surface area contributed by atoms with Crippen molar-refractivity contribution in [2.24, 2.45) is 0 Å². The molecule has 0 unspecified atom stereocenters. The molecule has 1 saturated heterocycles. The number of ether oxygens (including phenoxy) is 1. The molecule has 0 aromatic carbocycles. The molecule has 0 amide bonds. The molecule has 17 heavy (non-hydrogen) atoms. The summed E-state index contributed by atoms with van der Waals surface area (Å²) in [4.78, 5) is 4.60. The van der Waals surface area contributed by atoms with Gasteiger partial charge in [0.2, 0.25) is 0 Å². The summed E-state index contributed by atoms with van der Waals surface area (Å²) in [5.41, 5.74) is 0. The zero-order valence-electron chi connectivity index (χ0n) is 13.0. The van der Waals surface area contributed by atoms with Gasteiger partial charge in [-0.15, -0.1) is 0 Å². The molecule has 1 rings (SSSR count). The molecule has 0 aromatic rings. The van der Waals surface area contributed by atoms with Gasteiger partial charge >= 0.3 is 0 Å². The van der Waals surface area contributed by atoms with Crippen LogP contribution in [0.4, 0.5) is 0 Å². The number of unbranched alkanes of at least 4 members (excludes halogenated alkanes) is 1. The Morgan fingerprint density at radius 1 is 1.12 bits per heavy atom. The molecule has 0 spiro atoms. The standard InChI is InChI=1S/C7H17N.C5H11NO.C2H6/c1-4-6-7-8(3)5-2;1-6-2-4-7-5-3-6;1-2/h4-7H2,1-3H3;2-5H2,1H3;1-2H3. The predicted octanol–water partition coefficient (Wildman–Crippen LogP) is 2.71. The Kier molecular flexibility index (Phi) is 18.0. The van der Waals surface area contributed by atoms with E-state index in [0.717, 1.165) is 26.3 Å². The largest absolute Gasteiger partial charge is 0.379 e. The van der Waals surface area contributed by atoms with Crippen molar-refractivity contribution in [2.75, 3.05) is 53.5 Å². The zero-order chi connectivity index (χ0) is 13.5. The lowest BCUT2D eigenvalue weighted by Gasteiger charge is -2.21. The molecule has 0 N–H and O–H groups in total. The van der Waals surface area contributed by atoms with Crippen LogP contribution in [0.1, 0.15) is 40.5 Å². The van der Waals surface area contributed by atoms with Crippen molar-refractivity contribution in [1.82, 2.24) is 9.80 Å². The van der Waals surface area contributed by atoms with Crippen molar-refractivity contribution >= 4 is 0 Å². The van der Waals surface area contributed by atoms with E-state index in [-0.39, 0.29) is 0 Å². The number of likely N-dealkylation sites (N-methyl/N-ethyl adjacent to an activating group) is 1. The Morgan fingerprint density at radius 2 is 1.65 bits per heavy atom. The monoisotopic (exact) mass is 246 g/mol. The molecule has 1 fully saturated rings. The number of rotatable bonds is 4. The van der Waals surface area contributed by atoms with E-state index in [4.69, 9.17) is 4.74 Å². The number of hydrogen-bond acceptors (Lipinski definition) is 3. The molecule has 0 atom stereocenters. The van der Waals surface area contributed by atoms with Crippen LogP contribution >= 0.6 is 0 Å². The lowest BCUT2D eigenvalue weighted by Crippen LogP contribution is -2.32. The van der Waals surface area contributed by atoms with E-state index >= 15 is 0 Å². The van der Waals surface area contributed by atoms with Crippen LogP contribution in [-0.2, 0) is 4.74 Å². The maximum atomic E-state index is 5.10. The van der Waals surface area contributed by atoms with Crippen molar-refractivity contribution < 1.29 is 4.74 Å². The molecule has 0 radical (unpaired) electrons. The van der Waals surface area contributed by atoms with E-state index in [0.29, 0.717) is 0 Å². The summed E-state index contributed by atoms with van der Waals surface area (Å²) in [6.45, 7) is 14.9. The fraction of sp³-hybridized carbons (Fsp3) is 1.00. The molecule has 3 nitrogen and oxygen atoms in total. The van der Waals surface area contributed by atoms with E-state index in [1.807, 2.05) is 13.8 Å². The third-order valence-corrected chi connectivity index (χ3v) is 2.67. The second kappa shape index (κ2) is 15.9. The zero-order valence-corrected chi connectivity index (χ0v) is 13.0. The van der Waals surface area contributed by atoms with Crippen LogP contribution in [0.5, 0.6) is 0 Å². The first-order chi connectivity index (χ1) is 8.20. The third-order valence-electron chi connectivity index (χ3n) is 2.67. The molecular weight excluding hydrogens is 212 g/mol. The topological polar surface area (TPSA) is 15.7 Å². The minimum absolute atomic E-state index is 0.913. The number of hydrogen-bond donors (Lipinski definition) is 0. The SMILES string of the molecule is CC.CCCCN(C)CC.CN1CCOCC1. The van der Waals surface area contributed by atoms with Gasteiger partial charge in [0.05, 0.1) is 13.2 Å².